The van der Waals surface area contributed by atoms with Crippen LogP contribution in [0.3, 0.4) is 0 Å². The van der Waals surface area contributed by atoms with Crippen molar-refractivity contribution in [2.45, 2.75) is 25.8 Å². The van der Waals surface area contributed by atoms with Gasteiger partial charge < -0.3 is 5.32 Å². The second-order valence-corrected chi connectivity index (χ2v) is 6.75. The summed E-state index contributed by atoms with van der Waals surface area (Å²) >= 11 is 3.63. The Bertz CT molecular complexity index is 533. The predicted molar refractivity (Wildman–Crippen MR) is 82.3 cm³/mol. The molecule has 1 saturated carbocycles. The third kappa shape index (κ3) is 3.10. The van der Waals surface area contributed by atoms with E-state index in [0.717, 1.165) is 12.6 Å². The van der Waals surface area contributed by atoms with Crippen LogP contribution in [0.1, 0.15) is 24.6 Å². The fraction of sp³-hybridized carbons (Fsp3) is 0.333. The van der Waals surface area contributed by atoms with Gasteiger partial charge in [0.2, 0.25) is 0 Å². The molecule has 0 aromatic carbocycles. The lowest BCUT2D eigenvalue weighted by Crippen LogP contribution is -2.18. The van der Waals surface area contributed by atoms with Gasteiger partial charge in [-0.25, -0.2) is 0 Å². The molecule has 0 aliphatic heterocycles. The number of thiophene rings is 2. The summed E-state index contributed by atoms with van der Waals surface area (Å²) in [6.07, 6.45) is 5.01. The third-order valence-corrected chi connectivity index (χ3v) is 4.86. The van der Waals surface area contributed by atoms with Crippen LogP contribution in [0.2, 0.25) is 0 Å². The molecule has 2 aromatic rings. The van der Waals surface area contributed by atoms with E-state index in [1.54, 1.807) is 11.3 Å². The zero-order valence-corrected chi connectivity index (χ0v) is 12.1. The molecule has 1 nitrogen and oxygen atoms in total. The summed E-state index contributed by atoms with van der Waals surface area (Å²) < 4.78 is 0. The van der Waals surface area contributed by atoms with Crippen molar-refractivity contribution in [1.29, 1.82) is 0 Å². The first kappa shape index (κ1) is 12.2. The molecule has 0 amide bonds. The highest BCUT2D eigenvalue weighted by Crippen LogP contribution is 2.30. The van der Waals surface area contributed by atoms with Crippen LogP contribution in [0.4, 0.5) is 0 Å². The zero-order valence-electron chi connectivity index (χ0n) is 10.5. The Morgan fingerprint density at radius 1 is 1.44 bits per heavy atom. The highest BCUT2D eigenvalue weighted by molar-refractivity contribution is 7.15. The van der Waals surface area contributed by atoms with Crippen molar-refractivity contribution in [3.8, 4) is 10.4 Å². The lowest BCUT2D eigenvalue weighted by atomic mass is 10.2. The van der Waals surface area contributed by atoms with Gasteiger partial charge in [0.15, 0.2) is 0 Å². The normalized spacial score (nSPS) is 16.2. The number of rotatable bonds is 5. The Balaban J connectivity index is 1.66. The summed E-state index contributed by atoms with van der Waals surface area (Å²) in [6, 6.07) is 7.37. The molecule has 3 rings (SSSR count). The van der Waals surface area contributed by atoms with Crippen LogP contribution in [0, 0.1) is 0 Å². The Hall–Kier alpha value is -0.900. The van der Waals surface area contributed by atoms with Crippen LogP contribution >= 0.6 is 22.7 Å². The van der Waals surface area contributed by atoms with Crippen LogP contribution in [0.25, 0.3) is 16.5 Å². The molecule has 3 heteroatoms. The van der Waals surface area contributed by atoms with E-state index in [4.69, 9.17) is 0 Å². The smallest absolute Gasteiger partial charge is 0.0351 e. The molecule has 1 aliphatic rings. The Kier molecular flexibility index (Phi) is 3.64. The van der Waals surface area contributed by atoms with Crippen molar-refractivity contribution < 1.29 is 0 Å². The second-order valence-electron chi connectivity index (χ2n) is 4.86. The maximum Gasteiger partial charge on any atom is 0.0351 e. The molecule has 2 heterocycles. The topological polar surface area (TPSA) is 12.0 Å². The maximum absolute atomic E-state index is 3.55. The fourth-order valence-corrected chi connectivity index (χ4v) is 3.60. The monoisotopic (exact) mass is 275 g/mol. The van der Waals surface area contributed by atoms with Gasteiger partial charge in [-0.05, 0) is 48.7 Å². The Morgan fingerprint density at radius 2 is 2.33 bits per heavy atom. The minimum atomic E-state index is 0.790. The fourth-order valence-electron chi connectivity index (χ4n) is 1.89. The minimum absolute atomic E-state index is 0.790. The van der Waals surface area contributed by atoms with Gasteiger partial charge in [-0.3, -0.25) is 0 Å². The molecule has 94 valence electrons. The third-order valence-electron chi connectivity index (χ3n) is 3.06. The first-order valence-electron chi connectivity index (χ1n) is 6.34. The van der Waals surface area contributed by atoms with Crippen molar-refractivity contribution in [2.24, 2.45) is 0 Å². The van der Waals surface area contributed by atoms with E-state index in [0.29, 0.717) is 0 Å². The Labute approximate surface area is 116 Å². The van der Waals surface area contributed by atoms with Gasteiger partial charge >= 0.3 is 0 Å². The van der Waals surface area contributed by atoms with Crippen LogP contribution in [0.5, 0.6) is 0 Å². The average Bonchev–Trinajstić information content (AvgIpc) is 2.85. The first-order chi connectivity index (χ1) is 8.81. The summed E-state index contributed by atoms with van der Waals surface area (Å²) in [6.45, 7) is 3.23. The summed E-state index contributed by atoms with van der Waals surface area (Å²) in [5.74, 6) is 0. The molecule has 0 saturated heterocycles. The van der Waals surface area contributed by atoms with Crippen LogP contribution < -0.4 is 5.32 Å². The molecular weight excluding hydrogens is 258 g/mol. The zero-order chi connectivity index (χ0) is 12.4. The lowest BCUT2D eigenvalue weighted by molar-refractivity contribution is 0.736. The molecule has 1 fully saturated rings. The lowest BCUT2D eigenvalue weighted by Gasteiger charge is -2.01. The molecule has 1 aliphatic carbocycles. The van der Waals surface area contributed by atoms with E-state index in [2.05, 4.69) is 47.3 Å². The second kappa shape index (κ2) is 5.39. The minimum Gasteiger partial charge on any atom is -0.310 e. The number of nitrogens with one attached hydrogen (secondary N) is 1. The van der Waals surface area contributed by atoms with Gasteiger partial charge in [-0.1, -0.05) is 11.6 Å². The van der Waals surface area contributed by atoms with Crippen LogP contribution in [0.15, 0.2) is 34.5 Å². The first-order valence-corrected chi connectivity index (χ1v) is 8.10. The van der Waals surface area contributed by atoms with Gasteiger partial charge in [-0.2, -0.15) is 0 Å². The van der Waals surface area contributed by atoms with Gasteiger partial charge in [0, 0.05) is 27.9 Å². The largest absolute Gasteiger partial charge is 0.310 e. The van der Waals surface area contributed by atoms with E-state index >= 15 is 0 Å². The molecular formula is C15H17NS2. The van der Waals surface area contributed by atoms with E-state index in [-0.39, 0.29) is 0 Å². The quantitative estimate of drug-likeness (QED) is 0.838. The highest BCUT2D eigenvalue weighted by Gasteiger charge is 2.19. The molecule has 1 N–H and O–H groups in total. The molecule has 2 aromatic heterocycles. The van der Waals surface area contributed by atoms with Gasteiger partial charge in [0.05, 0.1) is 0 Å². The van der Waals surface area contributed by atoms with E-state index in [1.807, 2.05) is 11.3 Å². The van der Waals surface area contributed by atoms with Gasteiger partial charge in [0.1, 0.15) is 0 Å². The molecule has 0 unspecified atom stereocenters. The summed E-state index contributed by atoms with van der Waals surface area (Å²) in [5.41, 5.74) is 2.77. The van der Waals surface area contributed by atoms with Crippen molar-refractivity contribution in [2.75, 3.05) is 6.54 Å². The molecule has 0 atom stereocenters. The molecule has 0 radical (unpaired) electrons. The molecule has 0 bridgehead atoms. The van der Waals surface area contributed by atoms with Crippen molar-refractivity contribution in [3.63, 3.8) is 0 Å². The predicted octanol–water partition coefficient (Wildman–Crippen LogP) is 4.63. The van der Waals surface area contributed by atoms with Gasteiger partial charge in [0.25, 0.3) is 0 Å². The van der Waals surface area contributed by atoms with Crippen molar-refractivity contribution in [3.05, 3.63) is 39.4 Å². The van der Waals surface area contributed by atoms with E-state index < -0.39 is 0 Å². The van der Waals surface area contributed by atoms with Crippen LogP contribution in [-0.4, -0.2) is 12.6 Å². The number of hydrogen-bond donors (Lipinski definition) is 1. The molecule has 0 spiro atoms. The summed E-state index contributed by atoms with van der Waals surface area (Å²) in [7, 11) is 0. The van der Waals surface area contributed by atoms with Crippen molar-refractivity contribution >= 4 is 28.7 Å². The molecule has 18 heavy (non-hydrogen) atoms. The maximum atomic E-state index is 3.55. The SMILES string of the molecule is CC(=Cc1cc(-c2cccs2)cs1)CNC1CC1. The van der Waals surface area contributed by atoms with Gasteiger partial charge in [-0.15, -0.1) is 22.7 Å². The number of hydrogen-bond acceptors (Lipinski definition) is 3. The van der Waals surface area contributed by atoms with Crippen LogP contribution in [-0.2, 0) is 0 Å². The standard InChI is InChI=1S/C15H17NS2/c1-11(9-16-13-4-5-13)7-14-8-12(10-18-14)15-3-2-6-17-15/h2-3,6-8,10,13,16H,4-5,9H2,1H3. The van der Waals surface area contributed by atoms with E-state index in [1.165, 1.54) is 33.7 Å². The summed E-state index contributed by atoms with van der Waals surface area (Å²) in [5, 5.41) is 7.93. The Morgan fingerprint density at radius 3 is 3.06 bits per heavy atom. The summed E-state index contributed by atoms with van der Waals surface area (Å²) in [4.78, 5) is 2.72. The average molecular weight is 275 g/mol. The highest BCUT2D eigenvalue weighted by atomic mass is 32.1. The van der Waals surface area contributed by atoms with Crippen molar-refractivity contribution in [1.82, 2.24) is 5.32 Å². The van der Waals surface area contributed by atoms with E-state index in [9.17, 15) is 0 Å².